The molecule has 1 heterocycles. The molecule has 3 aromatic carbocycles. The average Bonchev–Trinajstić information content (AvgIpc) is 2.87. The molecule has 33 heavy (non-hydrogen) atoms. The van der Waals surface area contributed by atoms with Crippen LogP contribution in [0.5, 0.6) is 5.75 Å². The van der Waals surface area contributed by atoms with Gasteiger partial charge in [-0.15, -0.1) is 0 Å². The Kier molecular flexibility index (Phi) is 7.28. The van der Waals surface area contributed by atoms with Crippen LogP contribution < -0.4 is 15.4 Å². The molecular weight excluding hydrogens is 414 g/mol. The summed E-state index contributed by atoms with van der Waals surface area (Å²) < 4.78 is 5.72. The smallest absolute Gasteiger partial charge is 0.251 e. The highest BCUT2D eigenvalue weighted by Crippen LogP contribution is 2.16. The molecule has 0 saturated carbocycles. The summed E-state index contributed by atoms with van der Waals surface area (Å²) in [6, 6.07) is 26.7. The summed E-state index contributed by atoms with van der Waals surface area (Å²) in [5.74, 6) is 0.436. The zero-order chi connectivity index (χ0) is 22.9. The Labute approximate surface area is 192 Å². The van der Waals surface area contributed by atoms with Gasteiger partial charge in [0.25, 0.3) is 5.91 Å². The van der Waals surface area contributed by atoms with E-state index in [1.807, 2.05) is 78.9 Å². The number of hydrogen-bond acceptors (Lipinski definition) is 4. The molecule has 1 aromatic heterocycles. The number of rotatable bonds is 9. The van der Waals surface area contributed by atoms with Crippen LogP contribution in [-0.2, 0) is 17.9 Å². The molecule has 0 bridgehead atoms. The van der Waals surface area contributed by atoms with Crippen LogP contribution in [0.3, 0.4) is 0 Å². The van der Waals surface area contributed by atoms with E-state index in [2.05, 4.69) is 15.6 Å². The number of aromatic nitrogens is 1. The van der Waals surface area contributed by atoms with E-state index >= 15 is 0 Å². The fourth-order valence-corrected chi connectivity index (χ4v) is 3.36. The van der Waals surface area contributed by atoms with E-state index in [-0.39, 0.29) is 24.8 Å². The minimum atomic E-state index is -0.185. The number of carbonyl (C=O) groups is 2. The number of hydrogen-bond donors (Lipinski definition) is 2. The van der Waals surface area contributed by atoms with Crippen LogP contribution in [0.2, 0.25) is 0 Å². The monoisotopic (exact) mass is 439 g/mol. The summed E-state index contributed by atoms with van der Waals surface area (Å²) in [4.78, 5) is 28.7. The topological polar surface area (TPSA) is 80.3 Å². The Balaban J connectivity index is 1.17. The normalized spacial score (nSPS) is 10.5. The van der Waals surface area contributed by atoms with Gasteiger partial charge in [-0.3, -0.25) is 14.6 Å². The van der Waals surface area contributed by atoms with Crippen LogP contribution in [0.15, 0.2) is 91.1 Å². The van der Waals surface area contributed by atoms with Gasteiger partial charge in [-0.05, 0) is 52.7 Å². The van der Waals surface area contributed by atoms with Gasteiger partial charge < -0.3 is 15.4 Å². The highest BCUT2D eigenvalue weighted by molar-refractivity contribution is 5.98. The molecule has 0 radical (unpaired) electrons. The fraction of sp³-hybridized carbons (Fsp3) is 0.148. The second kappa shape index (κ2) is 10.9. The van der Waals surface area contributed by atoms with E-state index < -0.39 is 0 Å². The van der Waals surface area contributed by atoms with Crippen molar-refractivity contribution in [1.82, 2.24) is 15.6 Å². The second-order valence-corrected chi connectivity index (χ2v) is 7.60. The fourth-order valence-electron chi connectivity index (χ4n) is 3.36. The molecule has 4 aromatic rings. The van der Waals surface area contributed by atoms with Crippen molar-refractivity contribution >= 4 is 22.6 Å². The van der Waals surface area contributed by atoms with Gasteiger partial charge in [0.05, 0.1) is 5.69 Å². The number of pyridine rings is 1. The van der Waals surface area contributed by atoms with Crippen molar-refractivity contribution in [3.8, 4) is 5.75 Å². The molecule has 0 spiro atoms. The second-order valence-electron chi connectivity index (χ2n) is 7.60. The predicted molar refractivity (Wildman–Crippen MR) is 128 cm³/mol. The van der Waals surface area contributed by atoms with Crippen molar-refractivity contribution in [3.63, 3.8) is 0 Å². The lowest BCUT2D eigenvalue weighted by Crippen LogP contribution is -2.30. The summed E-state index contributed by atoms with van der Waals surface area (Å²) in [6.45, 7) is 1.09. The molecule has 0 unspecified atom stereocenters. The van der Waals surface area contributed by atoms with Gasteiger partial charge in [0.2, 0.25) is 5.91 Å². The highest BCUT2D eigenvalue weighted by Gasteiger charge is 2.08. The number of benzene rings is 3. The molecule has 2 amide bonds. The lowest BCUT2D eigenvalue weighted by atomic mass is 10.1. The van der Waals surface area contributed by atoms with E-state index in [4.69, 9.17) is 4.74 Å². The van der Waals surface area contributed by atoms with Crippen molar-refractivity contribution in [3.05, 3.63) is 108 Å². The Morgan fingerprint density at radius 2 is 1.61 bits per heavy atom. The largest absolute Gasteiger partial charge is 0.487 e. The van der Waals surface area contributed by atoms with Crippen LogP contribution in [0, 0.1) is 0 Å². The van der Waals surface area contributed by atoms with Gasteiger partial charge in [-0.25, -0.2) is 0 Å². The summed E-state index contributed by atoms with van der Waals surface area (Å²) >= 11 is 0. The summed E-state index contributed by atoms with van der Waals surface area (Å²) in [5, 5.41) is 7.77. The van der Waals surface area contributed by atoms with Gasteiger partial charge in [0.15, 0.2) is 0 Å². The molecule has 4 rings (SSSR count). The molecule has 6 nitrogen and oxygen atoms in total. The lowest BCUT2D eigenvalue weighted by molar-refractivity contribution is -0.121. The number of fused-ring (bicyclic) bond motifs is 1. The molecule has 2 N–H and O–H groups in total. The third-order valence-corrected chi connectivity index (χ3v) is 5.18. The maximum Gasteiger partial charge on any atom is 0.251 e. The molecule has 0 atom stereocenters. The first kappa shape index (κ1) is 22.0. The van der Waals surface area contributed by atoms with Gasteiger partial charge in [0, 0.05) is 31.3 Å². The van der Waals surface area contributed by atoms with E-state index in [1.165, 1.54) is 0 Å². The first-order valence-corrected chi connectivity index (χ1v) is 10.8. The van der Waals surface area contributed by atoms with Crippen LogP contribution >= 0.6 is 0 Å². The lowest BCUT2D eigenvalue weighted by Gasteiger charge is -2.09. The summed E-state index contributed by atoms with van der Waals surface area (Å²) in [6.07, 6.45) is 1.95. The van der Waals surface area contributed by atoms with Gasteiger partial charge in [-0.1, -0.05) is 48.5 Å². The Morgan fingerprint density at radius 3 is 2.39 bits per heavy atom. The zero-order valence-electron chi connectivity index (χ0n) is 18.2. The molecule has 6 heteroatoms. The van der Waals surface area contributed by atoms with Crippen molar-refractivity contribution in [1.29, 1.82) is 0 Å². The maximum absolute atomic E-state index is 12.4. The van der Waals surface area contributed by atoms with E-state index in [0.29, 0.717) is 18.7 Å². The first-order chi connectivity index (χ1) is 16.2. The molecule has 0 aliphatic carbocycles. The van der Waals surface area contributed by atoms with Crippen LogP contribution in [0.1, 0.15) is 28.0 Å². The summed E-state index contributed by atoms with van der Waals surface area (Å²) in [5.41, 5.74) is 2.41. The third-order valence-electron chi connectivity index (χ3n) is 5.18. The van der Waals surface area contributed by atoms with E-state index in [1.54, 1.807) is 12.3 Å². The Bertz CT molecular complexity index is 1220. The summed E-state index contributed by atoms with van der Waals surface area (Å²) in [7, 11) is 0. The van der Waals surface area contributed by atoms with Crippen LogP contribution in [0.25, 0.3) is 10.8 Å². The molecular formula is C27H25N3O3. The van der Waals surface area contributed by atoms with Gasteiger partial charge in [-0.2, -0.15) is 0 Å². The van der Waals surface area contributed by atoms with Crippen LogP contribution in [0.4, 0.5) is 0 Å². The number of ether oxygens (including phenoxy) is 1. The quantitative estimate of drug-likeness (QED) is 0.409. The average molecular weight is 440 g/mol. The first-order valence-electron chi connectivity index (χ1n) is 10.8. The standard InChI is InChI=1S/C27H25N3O3/c31-26(14-16-29-27(32)23-11-10-21-5-1-2-6-22(21)17-23)30-18-20-8-12-25(13-9-20)33-19-24-7-3-4-15-28-24/h1-13,15,17H,14,16,18-19H2,(H,29,32)(H,30,31). The van der Waals surface area contributed by atoms with Gasteiger partial charge >= 0.3 is 0 Å². The van der Waals surface area contributed by atoms with Crippen molar-refractivity contribution in [2.45, 2.75) is 19.6 Å². The zero-order valence-corrected chi connectivity index (χ0v) is 18.2. The van der Waals surface area contributed by atoms with E-state index in [0.717, 1.165) is 27.8 Å². The minimum absolute atomic E-state index is 0.121. The van der Waals surface area contributed by atoms with Crippen LogP contribution in [-0.4, -0.2) is 23.3 Å². The molecule has 0 aliphatic rings. The van der Waals surface area contributed by atoms with Gasteiger partial charge in [0.1, 0.15) is 12.4 Å². The minimum Gasteiger partial charge on any atom is -0.487 e. The SMILES string of the molecule is O=C(CCNC(=O)c1ccc2ccccc2c1)NCc1ccc(OCc2ccccn2)cc1. The van der Waals surface area contributed by atoms with Crippen molar-refractivity contribution < 1.29 is 14.3 Å². The van der Waals surface area contributed by atoms with E-state index in [9.17, 15) is 9.59 Å². The Hall–Kier alpha value is -4.19. The third kappa shape index (κ3) is 6.40. The Morgan fingerprint density at radius 1 is 0.818 bits per heavy atom. The number of amides is 2. The highest BCUT2D eigenvalue weighted by atomic mass is 16.5. The van der Waals surface area contributed by atoms with Crippen molar-refractivity contribution in [2.75, 3.05) is 6.54 Å². The molecule has 0 saturated heterocycles. The van der Waals surface area contributed by atoms with Crippen molar-refractivity contribution in [2.24, 2.45) is 0 Å². The molecule has 0 fully saturated rings. The number of carbonyl (C=O) groups excluding carboxylic acids is 2. The maximum atomic E-state index is 12.4. The number of nitrogens with zero attached hydrogens (tertiary/aromatic N) is 1. The molecule has 0 aliphatic heterocycles. The predicted octanol–water partition coefficient (Wildman–Crippen LogP) is 4.25. The molecule has 166 valence electrons. The number of nitrogens with one attached hydrogen (secondary N) is 2.